The van der Waals surface area contributed by atoms with Crippen LogP contribution in [0, 0.1) is 0 Å². The number of carboxylic acid groups (broad SMARTS) is 1. The van der Waals surface area contributed by atoms with Crippen molar-refractivity contribution < 1.29 is 19.4 Å². The van der Waals surface area contributed by atoms with E-state index in [0.29, 0.717) is 12.5 Å². The molecular formula is C14H19NO4. The lowest BCUT2D eigenvalue weighted by atomic mass is 10.0. The molecule has 0 fully saturated rings. The number of hydrogen-bond acceptors (Lipinski definition) is 3. The SMILES string of the molecule is CC(C)c1ccc(CNC(=O)COCC(=O)O)cc1. The Kier molecular flexibility index (Phi) is 6.02. The molecule has 0 atom stereocenters. The van der Waals surface area contributed by atoms with Crippen LogP contribution in [-0.2, 0) is 20.9 Å². The number of aliphatic carboxylic acids is 1. The molecule has 0 aliphatic heterocycles. The van der Waals surface area contributed by atoms with Gasteiger partial charge in [0.1, 0.15) is 13.2 Å². The van der Waals surface area contributed by atoms with Crippen LogP contribution in [0.5, 0.6) is 0 Å². The van der Waals surface area contributed by atoms with E-state index in [9.17, 15) is 9.59 Å². The van der Waals surface area contributed by atoms with E-state index in [0.717, 1.165) is 5.56 Å². The number of ether oxygens (including phenoxy) is 1. The summed E-state index contributed by atoms with van der Waals surface area (Å²) < 4.78 is 4.68. The fourth-order valence-electron chi connectivity index (χ4n) is 1.50. The molecule has 0 saturated carbocycles. The third-order valence-corrected chi connectivity index (χ3v) is 2.59. The molecule has 0 saturated heterocycles. The molecule has 0 aromatic heterocycles. The summed E-state index contributed by atoms with van der Waals surface area (Å²) in [4.78, 5) is 21.5. The summed E-state index contributed by atoms with van der Waals surface area (Å²) in [6.07, 6.45) is 0. The molecule has 0 bridgehead atoms. The number of carbonyl (C=O) groups is 2. The lowest BCUT2D eigenvalue weighted by molar-refractivity contribution is -0.143. The first-order valence-corrected chi connectivity index (χ1v) is 6.14. The summed E-state index contributed by atoms with van der Waals surface area (Å²) >= 11 is 0. The largest absolute Gasteiger partial charge is 0.480 e. The van der Waals surface area contributed by atoms with Crippen LogP contribution >= 0.6 is 0 Å². The Labute approximate surface area is 112 Å². The minimum Gasteiger partial charge on any atom is -0.480 e. The maximum atomic E-state index is 11.3. The third kappa shape index (κ3) is 6.01. The number of carboxylic acids is 1. The molecule has 0 radical (unpaired) electrons. The maximum Gasteiger partial charge on any atom is 0.329 e. The fraction of sp³-hybridized carbons (Fsp3) is 0.429. The number of hydrogen-bond donors (Lipinski definition) is 2. The minimum atomic E-state index is -1.09. The monoisotopic (exact) mass is 265 g/mol. The topological polar surface area (TPSA) is 75.6 Å². The lowest BCUT2D eigenvalue weighted by Crippen LogP contribution is -2.28. The number of rotatable bonds is 7. The highest BCUT2D eigenvalue weighted by molar-refractivity contribution is 5.77. The van der Waals surface area contributed by atoms with Crippen molar-refractivity contribution >= 4 is 11.9 Å². The number of carbonyl (C=O) groups excluding carboxylic acids is 1. The van der Waals surface area contributed by atoms with Crippen LogP contribution in [0.1, 0.15) is 30.9 Å². The molecule has 0 aliphatic rings. The number of nitrogens with one attached hydrogen (secondary N) is 1. The Hall–Kier alpha value is -1.88. The molecule has 0 spiro atoms. The predicted molar refractivity (Wildman–Crippen MR) is 70.8 cm³/mol. The van der Waals surface area contributed by atoms with E-state index in [1.165, 1.54) is 5.56 Å². The lowest BCUT2D eigenvalue weighted by Gasteiger charge is -2.08. The molecule has 19 heavy (non-hydrogen) atoms. The van der Waals surface area contributed by atoms with E-state index in [1.807, 2.05) is 24.3 Å². The first kappa shape index (κ1) is 15.2. The van der Waals surface area contributed by atoms with Gasteiger partial charge in [0.25, 0.3) is 0 Å². The van der Waals surface area contributed by atoms with Crippen LogP contribution in [0.25, 0.3) is 0 Å². The van der Waals surface area contributed by atoms with Gasteiger partial charge in [-0.25, -0.2) is 4.79 Å². The summed E-state index contributed by atoms with van der Waals surface area (Å²) in [7, 11) is 0. The standard InChI is InChI=1S/C14H19NO4/c1-10(2)12-5-3-11(4-6-12)7-15-13(16)8-19-9-14(17)18/h3-6,10H,7-9H2,1-2H3,(H,15,16)(H,17,18). The Morgan fingerprint density at radius 2 is 1.84 bits per heavy atom. The molecule has 1 rings (SSSR count). The summed E-state index contributed by atoms with van der Waals surface area (Å²) in [6, 6.07) is 8.00. The average molecular weight is 265 g/mol. The van der Waals surface area contributed by atoms with E-state index < -0.39 is 12.6 Å². The van der Waals surface area contributed by atoms with Crippen molar-refractivity contribution in [2.75, 3.05) is 13.2 Å². The normalized spacial score (nSPS) is 10.5. The molecule has 2 N–H and O–H groups in total. The molecule has 0 aliphatic carbocycles. The summed E-state index contributed by atoms with van der Waals surface area (Å²) in [6.45, 7) is 3.95. The van der Waals surface area contributed by atoms with E-state index in [1.54, 1.807) is 0 Å². The van der Waals surface area contributed by atoms with Gasteiger partial charge in [0.2, 0.25) is 5.91 Å². The summed E-state index contributed by atoms with van der Waals surface area (Å²) in [5, 5.41) is 11.0. The van der Waals surface area contributed by atoms with Gasteiger partial charge in [0.05, 0.1) is 0 Å². The summed E-state index contributed by atoms with van der Waals surface area (Å²) in [5.41, 5.74) is 2.25. The fourth-order valence-corrected chi connectivity index (χ4v) is 1.50. The van der Waals surface area contributed by atoms with Crippen LogP contribution in [0.2, 0.25) is 0 Å². The van der Waals surface area contributed by atoms with Gasteiger partial charge in [-0.2, -0.15) is 0 Å². The zero-order chi connectivity index (χ0) is 14.3. The van der Waals surface area contributed by atoms with Gasteiger partial charge < -0.3 is 15.2 Å². The maximum absolute atomic E-state index is 11.3. The first-order valence-electron chi connectivity index (χ1n) is 6.14. The van der Waals surface area contributed by atoms with E-state index in [2.05, 4.69) is 23.9 Å². The molecule has 1 aromatic carbocycles. The molecule has 5 nitrogen and oxygen atoms in total. The van der Waals surface area contributed by atoms with Gasteiger partial charge in [-0.15, -0.1) is 0 Å². The van der Waals surface area contributed by atoms with Crippen molar-refractivity contribution in [2.45, 2.75) is 26.3 Å². The van der Waals surface area contributed by atoms with E-state index in [-0.39, 0.29) is 12.5 Å². The van der Waals surface area contributed by atoms with Gasteiger partial charge in [0.15, 0.2) is 0 Å². The van der Waals surface area contributed by atoms with Crippen LogP contribution in [-0.4, -0.2) is 30.2 Å². The van der Waals surface area contributed by atoms with Crippen LogP contribution in [0.15, 0.2) is 24.3 Å². The molecule has 5 heteroatoms. The second-order valence-corrected chi connectivity index (χ2v) is 4.56. The second kappa shape index (κ2) is 7.53. The zero-order valence-corrected chi connectivity index (χ0v) is 11.2. The number of benzene rings is 1. The van der Waals surface area contributed by atoms with Crippen molar-refractivity contribution in [1.29, 1.82) is 0 Å². The smallest absolute Gasteiger partial charge is 0.329 e. The van der Waals surface area contributed by atoms with Crippen molar-refractivity contribution in [3.05, 3.63) is 35.4 Å². The highest BCUT2D eigenvalue weighted by atomic mass is 16.5. The minimum absolute atomic E-state index is 0.240. The highest BCUT2D eigenvalue weighted by Gasteiger charge is 2.04. The van der Waals surface area contributed by atoms with Crippen molar-refractivity contribution in [3.63, 3.8) is 0 Å². The van der Waals surface area contributed by atoms with Gasteiger partial charge in [-0.3, -0.25) is 4.79 Å². The van der Waals surface area contributed by atoms with E-state index in [4.69, 9.17) is 5.11 Å². The molecular weight excluding hydrogens is 246 g/mol. The quantitative estimate of drug-likeness (QED) is 0.784. The third-order valence-electron chi connectivity index (χ3n) is 2.59. The van der Waals surface area contributed by atoms with Gasteiger partial charge in [-0.1, -0.05) is 38.1 Å². The van der Waals surface area contributed by atoms with Crippen LogP contribution in [0.3, 0.4) is 0 Å². The van der Waals surface area contributed by atoms with Gasteiger partial charge in [0, 0.05) is 6.54 Å². The van der Waals surface area contributed by atoms with Crippen molar-refractivity contribution in [2.24, 2.45) is 0 Å². The highest BCUT2D eigenvalue weighted by Crippen LogP contribution is 2.14. The predicted octanol–water partition coefficient (Wildman–Crippen LogP) is 1.53. The van der Waals surface area contributed by atoms with Crippen LogP contribution < -0.4 is 5.32 Å². The Bertz CT molecular complexity index is 426. The molecule has 1 aromatic rings. The Morgan fingerprint density at radius 3 is 2.37 bits per heavy atom. The molecule has 1 amide bonds. The van der Waals surface area contributed by atoms with Crippen molar-refractivity contribution in [1.82, 2.24) is 5.32 Å². The Morgan fingerprint density at radius 1 is 1.21 bits per heavy atom. The molecule has 104 valence electrons. The average Bonchev–Trinajstić information content (AvgIpc) is 2.36. The second-order valence-electron chi connectivity index (χ2n) is 4.56. The summed E-state index contributed by atoms with van der Waals surface area (Å²) in [5.74, 6) is -0.931. The number of amides is 1. The first-order chi connectivity index (χ1) is 8.99. The molecule has 0 heterocycles. The molecule has 0 unspecified atom stereocenters. The zero-order valence-electron chi connectivity index (χ0n) is 11.2. The van der Waals surface area contributed by atoms with Gasteiger partial charge >= 0.3 is 5.97 Å². The Balaban J connectivity index is 2.31. The van der Waals surface area contributed by atoms with Gasteiger partial charge in [-0.05, 0) is 17.0 Å². The van der Waals surface area contributed by atoms with Crippen molar-refractivity contribution in [3.8, 4) is 0 Å². The van der Waals surface area contributed by atoms with Crippen LogP contribution in [0.4, 0.5) is 0 Å². The van der Waals surface area contributed by atoms with E-state index >= 15 is 0 Å².